The minimum atomic E-state index is 1.21. The van der Waals surface area contributed by atoms with Gasteiger partial charge in [-0.2, -0.15) is 0 Å². The van der Waals surface area contributed by atoms with E-state index in [1.807, 2.05) is 0 Å². The van der Waals surface area contributed by atoms with E-state index < -0.39 is 0 Å². The highest BCUT2D eigenvalue weighted by Gasteiger charge is 2.21. The van der Waals surface area contributed by atoms with Crippen LogP contribution in [0.2, 0.25) is 0 Å². The van der Waals surface area contributed by atoms with Crippen molar-refractivity contribution in [3.05, 3.63) is 65.9 Å². The van der Waals surface area contributed by atoms with Gasteiger partial charge in [0.25, 0.3) is 0 Å². The minimum absolute atomic E-state index is 1.21. The highest BCUT2D eigenvalue weighted by molar-refractivity contribution is 5.87. The predicted octanol–water partition coefficient (Wildman–Crippen LogP) is 4.12. The molecule has 88 valence electrons. The highest BCUT2D eigenvalue weighted by Crippen LogP contribution is 2.35. The lowest BCUT2D eigenvalue weighted by molar-refractivity contribution is 0.874. The number of nitrogens with zero attached hydrogens (tertiary/aromatic N) is 1. The maximum Gasteiger partial charge on any atom is 0.0534 e. The third kappa shape index (κ3) is 1.28. The van der Waals surface area contributed by atoms with Crippen LogP contribution in [0.25, 0.3) is 16.6 Å². The Kier molecular flexibility index (Phi) is 2.07. The normalized spacial score (nSPS) is 14.0. The van der Waals surface area contributed by atoms with E-state index in [1.165, 1.54) is 41.5 Å². The van der Waals surface area contributed by atoms with Crippen molar-refractivity contribution in [2.45, 2.75) is 19.3 Å². The van der Waals surface area contributed by atoms with Gasteiger partial charge in [0.1, 0.15) is 0 Å². The summed E-state index contributed by atoms with van der Waals surface area (Å²) in [6.07, 6.45) is 3.73. The first-order valence-electron chi connectivity index (χ1n) is 6.62. The molecule has 18 heavy (non-hydrogen) atoms. The van der Waals surface area contributed by atoms with Crippen LogP contribution in [0.4, 0.5) is 0 Å². The zero-order valence-corrected chi connectivity index (χ0v) is 10.3. The van der Waals surface area contributed by atoms with E-state index >= 15 is 0 Å². The lowest BCUT2D eigenvalue weighted by Gasteiger charge is -2.09. The summed E-state index contributed by atoms with van der Waals surface area (Å²) in [6.45, 7) is 0. The molecule has 0 radical (unpaired) electrons. The van der Waals surface area contributed by atoms with Crippen molar-refractivity contribution in [3.8, 4) is 5.69 Å². The maximum absolute atomic E-state index is 2.44. The Bertz CT molecular complexity index is 707. The van der Waals surface area contributed by atoms with Gasteiger partial charge in [-0.25, -0.2) is 0 Å². The van der Waals surface area contributed by atoms with Crippen LogP contribution in [-0.2, 0) is 12.8 Å². The molecule has 1 aliphatic rings. The van der Waals surface area contributed by atoms with Gasteiger partial charge in [0.05, 0.1) is 5.52 Å². The van der Waals surface area contributed by atoms with Crippen LogP contribution < -0.4 is 0 Å². The van der Waals surface area contributed by atoms with E-state index in [0.29, 0.717) is 0 Å². The Morgan fingerprint density at radius 3 is 2.44 bits per heavy atom. The quantitative estimate of drug-likeness (QED) is 0.596. The molecule has 0 bridgehead atoms. The highest BCUT2D eigenvalue weighted by atomic mass is 15.0. The summed E-state index contributed by atoms with van der Waals surface area (Å²) in [4.78, 5) is 0. The van der Waals surface area contributed by atoms with E-state index in [9.17, 15) is 0 Å². The van der Waals surface area contributed by atoms with Gasteiger partial charge in [-0.1, -0.05) is 36.4 Å². The molecule has 1 aromatic heterocycles. The van der Waals surface area contributed by atoms with Gasteiger partial charge in [-0.15, -0.1) is 0 Å². The summed E-state index contributed by atoms with van der Waals surface area (Å²) in [5, 5.41) is 1.44. The summed E-state index contributed by atoms with van der Waals surface area (Å²) in [7, 11) is 0. The fraction of sp³-hybridized carbons (Fsp3) is 0.176. The smallest absolute Gasteiger partial charge is 0.0534 e. The van der Waals surface area contributed by atoms with E-state index in [0.717, 1.165) is 0 Å². The average Bonchev–Trinajstić information content (AvgIpc) is 2.99. The first-order chi connectivity index (χ1) is 8.95. The van der Waals surface area contributed by atoms with Gasteiger partial charge < -0.3 is 4.57 Å². The molecule has 1 aliphatic carbocycles. The summed E-state index contributed by atoms with van der Waals surface area (Å²) < 4.78 is 2.44. The minimum Gasteiger partial charge on any atom is -0.313 e. The standard InChI is InChI=1S/C17H15N/c1-2-7-13(8-3-1)18-16-11-5-4-9-14(16)15-10-6-12-17(15)18/h1-5,7-9,11H,6,10,12H2. The van der Waals surface area contributed by atoms with Crippen LogP contribution in [0.1, 0.15) is 17.7 Å². The first-order valence-corrected chi connectivity index (χ1v) is 6.62. The van der Waals surface area contributed by atoms with Crippen molar-refractivity contribution < 1.29 is 0 Å². The molecule has 0 fully saturated rings. The molecular weight excluding hydrogens is 218 g/mol. The number of rotatable bonds is 1. The molecule has 0 unspecified atom stereocenters. The molecule has 1 nitrogen and oxygen atoms in total. The van der Waals surface area contributed by atoms with Gasteiger partial charge in [-0.05, 0) is 43.0 Å². The lowest BCUT2D eigenvalue weighted by atomic mass is 10.1. The number of aryl methyl sites for hydroxylation is 1. The van der Waals surface area contributed by atoms with Gasteiger partial charge in [0, 0.05) is 16.8 Å². The summed E-state index contributed by atoms with van der Waals surface area (Å²) in [5.74, 6) is 0. The Morgan fingerprint density at radius 1 is 0.778 bits per heavy atom. The van der Waals surface area contributed by atoms with Crippen LogP contribution in [0.5, 0.6) is 0 Å². The zero-order chi connectivity index (χ0) is 11.9. The van der Waals surface area contributed by atoms with Crippen molar-refractivity contribution in [1.29, 1.82) is 0 Å². The van der Waals surface area contributed by atoms with E-state index in [2.05, 4.69) is 59.2 Å². The number of hydrogen-bond acceptors (Lipinski definition) is 0. The predicted molar refractivity (Wildman–Crippen MR) is 75.3 cm³/mol. The molecular formula is C17H15N. The van der Waals surface area contributed by atoms with Crippen molar-refractivity contribution >= 4 is 10.9 Å². The molecule has 0 atom stereocenters. The maximum atomic E-state index is 2.44. The second-order valence-corrected chi connectivity index (χ2v) is 4.97. The molecule has 4 rings (SSSR count). The number of benzene rings is 2. The van der Waals surface area contributed by atoms with E-state index in [-0.39, 0.29) is 0 Å². The molecule has 3 aromatic rings. The Hall–Kier alpha value is -2.02. The molecule has 0 spiro atoms. The van der Waals surface area contributed by atoms with Gasteiger partial charge in [-0.3, -0.25) is 0 Å². The molecule has 1 heteroatoms. The largest absolute Gasteiger partial charge is 0.313 e. The fourth-order valence-electron chi connectivity index (χ4n) is 3.21. The van der Waals surface area contributed by atoms with Crippen LogP contribution in [0.15, 0.2) is 54.6 Å². The van der Waals surface area contributed by atoms with E-state index in [4.69, 9.17) is 0 Å². The lowest BCUT2D eigenvalue weighted by Crippen LogP contribution is -1.98. The van der Waals surface area contributed by atoms with Gasteiger partial charge in [0.2, 0.25) is 0 Å². The topological polar surface area (TPSA) is 4.93 Å². The number of fused-ring (bicyclic) bond motifs is 3. The second-order valence-electron chi connectivity index (χ2n) is 4.97. The van der Waals surface area contributed by atoms with Gasteiger partial charge in [0.15, 0.2) is 0 Å². The molecule has 2 aromatic carbocycles. The second kappa shape index (κ2) is 3.74. The van der Waals surface area contributed by atoms with Crippen molar-refractivity contribution in [3.63, 3.8) is 0 Å². The molecule has 0 saturated heterocycles. The Morgan fingerprint density at radius 2 is 1.56 bits per heavy atom. The molecule has 0 aliphatic heterocycles. The molecule has 0 amide bonds. The van der Waals surface area contributed by atoms with Crippen LogP contribution in [-0.4, -0.2) is 4.57 Å². The van der Waals surface area contributed by atoms with Crippen LogP contribution in [0, 0.1) is 0 Å². The van der Waals surface area contributed by atoms with Crippen molar-refractivity contribution in [2.24, 2.45) is 0 Å². The SMILES string of the molecule is c1ccc(-n2c3c(c4ccccc42)CCC3)cc1. The van der Waals surface area contributed by atoms with Crippen molar-refractivity contribution in [1.82, 2.24) is 4.57 Å². The van der Waals surface area contributed by atoms with E-state index in [1.54, 1.807) is 5.56 Å². The number of aromatic nitrogens is 1. The van der Waals surface area contributed by atoms with Crippen LogP contribution in [0.3, 0.4) is 0 Å². The third-order valence-corrected chi connectivity index (χ3v) is 3.94. The first kappa shape index (κ1) is 9.95. The number of para-hydroxylation sites is 2. The Labute approximate surface area is 107 Å². The molecule has 1 heterocycles. The summed E-state index contributed by atoms with van der Waals surface area (Å²) in [6, 6.07) is 19.5. The number of hydrogen-bond donors (Lipinski definition) is 0. The average molecular weight is 233 g/mol. The Balaban J connectivity index is 2.11. The summed E-state index contributed by atoms with van der Waals surface area (Å²) >= 11 is 0. The fourth-order valence-corrected chi connectivity index (χ4v) is 3.21. The monoisotopic (exact) mass is 233 g/mol. The van der Waals surface area contributed by atoms with Crippen molar-refractivity contribution in [2.75, 3.05) is 0 Å². The zero-order valence-electron chi connectivity index (χ0n) is 10.3. The third-order valence-electron chi connectivity index (χ3n) is 3.94. The summed E-state index contributed by atoms with van der Waals surface area (Å²) in [5.41, 5.74) is 5.72. The van der Waals surface area contributed by atoms with Gasteiger partial charge >= 0.3 is 0 Å². The molecule has 0 N–H and O–H groups in total. The van der Waals surface area contributed by atoms with Crippen LogP contribution >= 0.6 is 0 Å². The molecule has 0 saturated carbocycles.